The zero-order valence-corrected chi connectivity index (χ0v) is 14.4. The van der Waals surface area contributed by atoms with Crippen molar-refractivity contribution in [1.29, 1.82) is 0 Å². The molecule has 0 spiro atoms. The average molecular weight is 316 g/mol. The van der Waals surface area contributed by atoms with Gasteiger partial charge in [0, 0.05) is 33.1 Å². The summed E-state index contributed by atoms with van der Waals surface area (Å²) < 4.78 is 0. The van der Waals surface area contributed by atoms with Crippen molar-refractivity contribution in [2.45, 2.75) is 46.0 Å². The molecule has 1 aliphatic heterocycles. The van der Waals surface area contributed by atoms with Crippen molar-refractivity contribution in [3.05, 3.63) is 35.4 Å². The van der Waals surface area contributed by atoms with E-state index in [2.05, 4.69) is 31.2 Å². The van der Waals surface area contributed by atoms with Gasteiger partial charge < -0.3 is 9.80 Å². The Hall–Kier alpha value is -1.84. The van der Waals surface area contributed by atoms with Crippen molar-refractivity contribution in [3.63, 3.8) is 0 Å². The maximum Gasteiger partial charge on any atom is 0.227 e. The Labute approximate surface area is 139 Å². The summed E-state index contributed by atoms with van der Waals surface area (Å²) in [6, 6.07) is 8.42. The first-order valence-corrected chi connectivity index (χ1v) is 8.71. The van der Waals surface area contributed by atoms with Gasteiger partial charge in [-0.2, -0.15) is 0 Å². The van der Waals surface area contributed by atoms with E-state index in [-0.39, 0.29) is 11.8 Å². The predicted octanol–water partition coefficient (Wildman–Crippen LogP) is 2.65. The monoisotopic (exact) mass is 316 g/mol. The van der Waals surface area contributed by atoms with Gasteiger partial charge in [0.15, 0.2) is 0 Å². The molecule has 1 saturated heterocycles. The van der Waals surface area contributed by atoms with E-state index in [1.807, 2.05) is 9.80 Å². The predicted molar refractivity (Wildman–Crippen MR) is 92.2 cm³/mol. The van der Waals surface area contributed by atoms with E-state index in [1.54, 1.807) is 6.92 Å². The topological polar surface area (TPSA) is 40.6 Å². The van der Waals surface area contributed by atoms with Crippen molar-refractivity contribution in [2.24, 2.45) is 0 Å². The fourth-order valence-corrected chi connectivity index (χ4v) is 2.97. The van der Waals surface area contributed by atoms with Gasteiger partial charge in [0.05, 0.1) is 6.42 Å². The van der Waals surface area contributed by atoms with E-state index in [0.29, 0.717) is 19.5 Å². The largest absolute Gasteiger partial charge is 0.341 e. The number of aryl methyl sites for hydroxylation is 1. The zero-order chi connectivity index (χ0) is 16.7. The number of hydrogen-bond donors (Lipinski definition) is 0. The minimum absolute atomic E-state index is 0.0990. The SMILES string of the molecule is CCCCc1ccc(CC(=O)N2CCCN(C(C)=O)CC2)cc1. The van der Waals surface area contributed by atoms with Gasteiger partial charge in [-0.3, -0.25) is 9.59 Å². The molecule has 0 radical (unpaired) electrons. The molecule has 0 unspecified atom stereocenters. The van der Waals surface area contributed by atoms with Crippen molar-refractivity contribution in [1.82, 2.24) is 9.80 Å². The third kappa shape index (κ3) is 5.38. The van der Waals surface area contributed by atoms with Crippen molar-refractivity contribution >= 4 is 11.8 Å². The molecular weight excluding hydrogens is 288 g/mol. The highest BCUT2D eigenvalue weighted by Crippen LogP contribution is 2.11. The van der Waals surface area contributed by atoms with E-state index in [0.717, 1.165) is 31.5 Å². The Morgan fingerprint density at radius 3 is 2.22 bits per heavy atom. The Bertz CT molecular complexity index is 525. The number of unbranched alkanes of at least 4 members (excludes halogenated alkanes) is 1. The van der Waals surface area contributed by atoms with Gasteiger partial charge >= 0.3 is 0 Å². The molecule has 0 atom stereocenters. The summed E-state index contributed by atoms with van der Waals surface area (Å²) in [4.78, 5) is 27.7. The van der Waals surface area contributed by atoms with Gasteiger partial charge in [0.25, 0.3) is 0 Å². The first-order valence-electron chi connectivity index (χ1n) is 8.71. The maximum absolute atomic E-state index is 12.5. The molecule has 0 saturated carbocycles. The normalized spacial score (nSPS) is 15.4. The first-order chi connectivity index (χ1) is 11.1. The lowest BCUT2D eigenvalue weighted by atomic mass is 10.0. The molecule has 0 aliphatic carbocycles. The number of rotatable bonds is 5. The smallest absolute Gasteiger partial charge is 0.227 e. The van der Waals surface area contributed by atoms with Crippen molar-refractivity contribution < 1.29 is 9.59 Å². The van der Waals surface area contributed by atoms with Crippen LogP contribution >= 0.6 is 0 Å². The number of carbonyl (C=O) groups is 2. The standard InChI is InChI=1S/C19H28N2O2/c1-3-4-6-17-7-9-18(10-8-17)15-19(23)21-12-5-11-20(13-14-21)16(2)22/h7-10H,3-6,11-15H2,1-2H3. The Balaban J connectivity index is 1.87. The lowest BCUT2D eigenvalue weighted by Gasteiger charge is -2.21. The summed E-state index contributed by atoms with van der Waals surface area (Å²) in [5.74, 6) is 0.263. The molecule has 1 aromatic rings. The molecule has 0 bridgehead atoms. The van der Waals surface area contributed by atoms with Crippen LogP contribution in [0.4, 0.5) is 0 Å². The minimum Gasteiger partial charge on any atom is -0.341 e. The quantitative estimate of drug-likeness (QED) is 0.838. The zero-order valence-electron chi connectivity index (χ0n) is 14.4. The second-order valence-electron chi connectivity index (χ2n) is 6.34. The average Bonchev–Trinajstić information content (AvgIpc) is 2.80. The second kappa shape index (κ2) is 8.70. The molecule has 2 rings (SSSR count). The van der Waals surface area contributed by atoms with Crippen LogP contribution in [0.25, 0.3) is 0 Å². The molecule has 0 aromatic heterocycles. The fraction of sp³-hybridized carbons (Fsp3) is 0.579. The molecule has 1 fully saturated rings. The maximum atomic E-state index is 12.5. The van der Waals surface area contributed by atoms with Gasteiger partial charge in [0.2, 0.25) is 11.8 Å². The molecular formula is C19H28N2O2. The van der Waals surface area contributed by atoms with Crippen LogP contribution in [0.15, 0.2) is 24.3 Å². The third-order valence-corrected chi connectivity index (χ3v) is 4.49. The highest BCUT2D eigenvalue weighted by molar-refractivity contribution is 5.79. The van der Waals surface area contributed by atoms with Crippen LogP contribution in [0.5, 0.6) is 0 Å². The number of benzene rings is 1. The van der Waals surface area contributed by atoms with E-state index in [4.69, 9.17) is 0 Å². The summed E-state index contributed by atoms with van der Waals surface area (Å²) in [6.45, 7) is 6.59. The number of nitrogens with zero attached hydrogens (tertiary/aromatic N) is 2. The number of carbonyl (C=O) groups excluding carboxylic acids is 2. The summed E-state index contributed by atoms with van der Waals surface area (Å²) in [6.07, 6.45) is 4.83. The van der Waals surface area contributed by atoms with Gasteiger partial charge in [0.1, 0.15) is 0 Å². The van der Waals surface area contributed by atoms with E-state index < -0.39 is 0 Å². The van der Waals surface area contributed by atoms with Crippen LogP contribution in [-0.4, -0.2) is 47.8 Å². The molecule has 23 heavy (non-hydrogen) atoms. The molecule has 1 heterocycles. The van der Waals surface area contributed by atoms with Crippen LogP contribution in [0.1, 0.15) is 44.2 Å². The summed E-state index contributed by atoms with van der Waals surface area (Å²) in [5.41, 5.74) is 2.41. The van der Waals surface area contributed by atoms with Crippen LogP contribution in [-0.2, 0) is 22.4 Å². The Kier molecular flexibility index (Phi) is 6.63. The number of hydrogen-bond acceptors (Lipinski definition) is 2. The summed E-state index contributed by atoms with van der Waals surface area (Å²) in [5, 5.41) is 0. The van der Waals surface area contributed by atoms with Crippen molar-refractivity contribution in [3.8, 4) is 0 Å². The molecule has 1 aliphatic rings. The molecule has 4 heteroatoms. The van der Waals surface area contributed by atoms with Gasteiger partial charge in [-0.1, -0.05) is 37.6 Å². The minimum atomic E-state index is 0.0990. The van der Waals surface area contributed by atoms with E-state index in [9.17, 15) is 9.59 Å². The van der Waals surface area contributed by atoms with Crippen LogP contribution in [0.3, 0.4) is 0 Å². The van der Waals surface area contributed by atoms with Crippen molar-refractivity contribution in [2.75, 3.05) is 26.2 Å². The highest BCUT2D eigenvalue weighted by atomic mass is 16.2. The second-order valence-corrected chi connectivity index (χ2v) is 6.34. The number of amides is 2. The lowest BCUT2D eigenvalue weighted by Crippen LogP contribution is -2.37. The molecule has 0 N–H and O–H groups in total. The van der Waals surface area contributed by atoms with Gasteiger partial charge in [-0.05, 0) is 30.4 Å². The summed E-state index contributed by atoms with van der Waals surface area (Å²) >= 11 is 0. The molecule has 4 nitrogen and oxygen atoms in total. The Morgan fingerprint density at radius 2 is 1.57 bits per heavy atom. The molecule has 2 amide bonds. The highest BCUT2D eigenvalue weighted by Gasteiger charge is 2.20. The fourth-order valence-electron chi connectivity index (χ4n) is 2.97. The summed E-state index contributed by atoms with van der Waals surface area (Å²) in [7, 11) is 0. The van der Waals surface area contributed by atoms with E-state index in [1.165, 1.54) is 18.4 Å². The third-order valence-electron chi connectivity index (χ3n) is 4.49. The van der Waals surface area contributed by atoms with Crippen LogP contribution in [0, 0.1) is 0 Å². The molecule has 126 valence electrons. The first kappa shape index (κ1) is 17.5. The van der Waals surface area contributed by atoms with E-state index >= 15 is 0 Å². The van der Waals surface area contributed by atoms with Crippen LogP contribution < -0.4 is 0 Å². The molecule has 1 aromatic carbocycles. The van der Waals surface area contributed by atoms with Gasteiger partial charge in [-0.25, -0.2) is 0 Å². The Morgan fingerprint density at radius 1 is 0.957 bits per heavy atom. The van der Waals surface area contributed by atoms with Gasteiger partial charge in [-0.15, -0.1) is 0 Å². The van der Waals surface area contributed by atoms with Crippen LogP contribution in [0.2, 0.25) is 0 Å². The lowest BCUT2D eigenvalue weighted by molar-refractivity contribution is -0.132.